The van der Waals surface area contributed by atoms with Crippen LogP contribution in [0.3, 0.4) is 0 Å². The van der Waals surface area contributed by atoms with Crippen molar-refractivity contribution >= 4 is 16.2 Å². The topological polar surface area (TPSA) is 130 Å². The molecule has 0 bridgehead atoms. The zero-order chi connectivity index (χ0) is 10.8. The molecule has 0 aromatic carbocycles. The number of hydrogen-bond donors (Lipinski definition) is 4. The Morgan fingerprint density at radius 3 is 2.71 bits per heavy atom. The average molecular weight is 222 g/mol. The highest BCUT2D eigenvalue weighted by molar-refractivity contribution is 7.79. The summed E-state index contributed by atoms with van der Waals surface area (Å²) in [5.41, 5.74) is 5.63. The first-order chi connectivity index (χ1) is 6.38. The highest BCUT2D eigenvalue weighted by Crippen LogP contribution is 2.16. The van der Waals surface area contributed by atoms with Crippen LogP contribution < -0.4 is 11.1 Å². The summed E-state index contributed by atoms with van der Waals surface area (Å²) in [6, 6.07) is 1.91. The van der Waals surface area contributed by atoms with E-state index in [2.05, 4.69) is 10.4 Å². The van der Waals surface area contributed by atoms with Gasteiger partial charge in [-0.25, -0.2) is 4.68 Å². The number of anilines is 1. The molecule has 0 saturated heterocycles. The summed E-state index contributed by atoms with van der Waals surface area (Å²) in [7, 11) is -4.67. The van der Waals surface area contributed by atoms with E-state index in [0.29, 0.717) is 0 Å². The Balaban J connectivity index is 0.000000171. The Labute approximate surface area is 80.3 Å². The van der Waals surface area contributed by atoms with Crippen LogP contribution in [-0.2, 0) is 10.4 Å². The Morgan fingerprint density at radius 2 is 2.21 bits per heavy atom. The van der Waals surface area contributed by atoms with E-state index in [0.717, 1.165) is 12.4 Å². The lowest BCUT2D eigenvalue weighted by molar-refractivity contribution is 0.381. The second-order valence-electron chi connectivity index (χ2n) is 2.56. The summed E-state index contributed by atoms with van der Waals surface area (Å²) in [5.74, 6) is 1.02. The fraction of sp³-hybridized carbons (Fsp3) is 0.400. The van der Waals surface area contributed by atoms with Gasteiger partial charge < -0.3 is 11.1 Å². The van der Waals surface area contributed by atoms with Gasteiger partial charge in [-0.3, -0.25) is 9.11 Å². The molecule has 1 aromatic rings. The minimum atomic E-state index is -4.67. The molecule has 80 valence electrons. The van der Waals surface area contributed by atoms with Crippen molar-refractivity contribution in [1.82, 2.24) is 9.78 Å². The van der Waals surface area contributed by atoms with Gasteiger partial charge in [-0.1, -0.05) is 0 Å². The van der Waals surface area contributed by atoms with Crippen LogP contribution in [0.25, 0.3) is 0 Å². The van der Waals surface area contributed by atoms with Gasteiger partial charge in [0.05, 0.1) is 12.7 Å². The maximum absolute atomic E-state index is 8.74. The summed E-state index contributed by atoms with van der Waals surface area (Å²) in [6.07, 6.45) is 1.76. The van der Waals surface area contributed by atoms with E-state index < -0.39 is 10.4 Å². The standard InChI is InChI=1S/C5H8N4.H2O4S/c6-4-3-7-5-1-2-8-9(4)5;1-5(2,3)4/h1-2,4,7H,3,6H2;(H2,1,2,3,4). The number of hydrogen-bond acceptors (Lipinski definition) is 5. The SMILES string of the molecule is NC1CNc2ccnn21.O=S(=O)(O)O. The first-order valence-corrected chi connectivity index (χ1v) is 5.00. The van der Waals surface area contributed by atoms with Gasteiger partial charge in [0.2, 0.25) is 0 Å². The summed E-state index contributed by atoms with van der Waals surface area (Å²) >= 11 is 0. The molecule has 0 saturated carbocycles. The zero-order valence-corrected chi connectivity index (χ0v) is 7.85. The molecule has 2 heterocycles. The van der Waals surface area contributed by atoms with Crippen molar-refractivity contribution in [1.29, 1.82) is 0 Å². The average Bonchev–Trinajstić information content (AvgIpc) is 2.52. The molecule has 5 N–H and O–H groups in total. The molecule has 0 aliphatic carbocycles. The highest BCUT2D eigenvalue weighted by Gasteiger charge is 2.16. The van der Waals surface area contributed by atoms with Crippen LogP contribution in [0.4, 0.5) is 5.82 Å². The molecule has 0 amide bonds. The molecule has 14 heavy (non-hydrogen) atoms. The van der Waals surface area contributed by atoms with E-state index in [-0.39, 0.29) is 6.17 Å². The number of fused-ring (bicyclic) bond motifs is 1. The van der Waals surface area contributed by atoms with E-state index in [4.69, 9.17) is 23.3 Å². The maximum Gasteiger partial charge on any atom is 0.394 e. The highest BCUT2D eigenvalue weighted by atomic mass is 32.3. The van der Waals surface area contributed by atoms with E-state index in [1.165, 1.54) is 0 Å². The number of rotatable bonds is 0. The van der Waals surface area contributed by atoms with Crippen molar-refractivity contribution in [3.8, 4) is 0 Å². The molecule has 9 heteroatoms. The Kier molecular flexibility index (Phi) is 3.06. The first kappa shape index (κ1) is 10.9. The van der Waals surface area contributed by atoms with Gasteiger partial charge >= 0.3 is 10.4 Å². The van der Waals surface area contributed by atoms with Gasteiger partial charge in [0, 0.05) is 6.07 Å². The van der Waals surface area contributed by atoms with Gasteiger partial charge in [0.15, 0.2) is 0 Å². The maximum atomic E-state index is 8.74. The van der Waals surface area contributed by atoms with Crippen LogP contribution >= 0.6 is 0 Å². The summed E-state index contributed by atoms with van der Waals surface area (Å²) in [5, 5.41) is 7.11. The van der Waals surface area contributed by atoms with Crippen LogP contribution in [0.2, 0.25) is 0 Å². The molecule has 0 spiro atoms. The lowest BCUT2D eigenvalue weighted by atomic mass is 10.6. The Morgan fingerprint density at radius 1 is 1.64 bits per heavy atom. The van der Waals surface area contributed by atoms with Gasteiger partial charge in [0.1, 0.15) is 12.0 Å². The Bertz CT molecular complexity index is 392. The van der Waals surface area contributed by atoms with Crippen LogP contribution in [0, 0.1) is 0 Å². The largest absolute Gasteiger partial charge is 0.394 e. The van der Waals surface area contributed by atoms with E-state index in [1.807, 2.05) is 6.07 Å². The van der Waals surface area contributed by atoms with Crippen LogP contribution in [-0.4, -0.2) is 33.8 Å². The van der Waals surface area contributed by atoms with E-state index in [9.17, 15) is 0 Å². The quantitative estimate of drug-likeness (QED) is 0.419. The van der Waals surface area contributed by atoms with Gasteiger partial charge in [0.25, 0.3) is 0 Å². The lowest BCUT2D eigenvalue weighted by Crippen LogP contribution is -2.18. The second kappa shape index (κ2) is 3.92. The molecule has 0 radical (unpaired) electrons. The predicted octanol–water partition coefficient (Wildman–Crippen LogP) is -0.887. The number of aromatic nitrogens is 2. The van der Waals surface area contributed by atoms with E-state index in [1.54, 1.807) is 10.9 Å². The normalized spacial score (nSPS) is 19.2. The smallest absolute Gasteiger partial charge is 0.367 e. The minimum absolute atomic E-state index is 0.0231. The van der Waals surface area contributed by atoms with Crippen molar-refractivity contribution in [2.24, 2.45) is 5.73 Å². The summed E-state index contributed by atoms with van der Waals surface area (Å²) in [6.45, 7) is 0.795. The molecular formula is C5H10N4O4S. The van der Waals surface area contributed by atoms with Gasteiger partial charge in [-0.15, -0.1) is 0 Å². The number of nitrogens with one attached hydrogen (secondary N) is 1. The van der Waals surface area contributed by atoms with Crippen LogP contribution in [0.5, 0.6) is 0 Å². The van der Waals surface area contributed by atoms with Gasteiger partial charge in [-0.05, 0) is 0 Å². The molecule has 1 atom stereocenters. The molecule has 0 fully saturated rings. The van der Waals surface area contributed by atoms with Crippen LogP contribution in [0.1, 0.15) is 6.17 Å². The molecular weight excluding hydrogens is 212 g/mol. The van der Waals surface area contributed by atoms with E-state index >= 15 is 0 Å². The third-order valence-electron chi connectivity index (χ3n) is 1.48. The molecule has 2 rings (SSSR count). The fourth-order valence-corrected chi connectivity index (χ4v) is 1.01. The van der Waals surface area contributed by atoms with Crippen molar-refractivity contribution in [2.75, 3.05) is 11.9 Å². The lowest BCUT2D eigenvalue weighted by Gasteiger charge is -1.99. The number of nitrogens with two attached hydrogens (primary N) is 1. The number of nitrogens with zero attached hydrogens (tertiary/aromatic N) is 2. The van der Waals surface area contributed by atoms with Crippen molar-refractivity contribution < 1.29 is 17.5 Å². The monoisotopic (exact) mass is 222 g/mol. The molecule has 8 nitrogen and oxygen atoms in total. The fourth-order valence-electron chi connectivity index (χ4n) is 1.01. The molecule has 1 aromatic heterocycles. The van der Waals surface area contributed by atoms with Crippen molar-refractivity contribution in [2.45, 2.75) is 6.17 Å². The van der Waals surface area contributed by atoms with Crippen LogP contribution in [0.15, 0.2) is 12.3 Å². The van der Waals surface area contributed by atoms with Gasteiger partial charge in [-0.2, -0.15) is 13.5 Å². The predicted molar refractivity (Wildman–Crippen MR) is 48.1 cm³/mol. The van der Waals surface area contributed by atoms with Crippen molar-refractivity contribution in [3.63, 3.8) is 0 Å². The summed E-state index contributed by atoms with van der Waals surface area (Å²) in [4.78, 5) is 0. The first-order valence-electron chi connectivity index (χ1n) is 3.61. The minimum Gasteiger partial charge on any atom is -0.367 e. The third-order valence-corrected chi connectivity index (χ3v) is 1.48. The molecule has 1 aliphatic heterocycles. The summed E-state index contributed by atoms with van der Waals surface area (Å²) < 4.78 is 33.4. The molecule has 1 aliphatic rings. The Hall–Kier alpha value is -1.16. The third kappa shape index (κ3) is 3.30. The zero-order valence-electron chi connectivity index (χ0n) is 7.03. The molecule has 1 unspecified atom stereocenters. The second-order valence-corrected chi connectivity index (χ2v) is 3.45. The van der Waals surface area contributed by atoms with Crippen molar-refractivity contribution in [3.05, 3.63) is 12.3 Å².